The third-order valence-electron chi connectivity index (χ3n) is 5.62. The fourth-order valence-electron chi connectivity index (χ4n) is 4.08. The molecule has 4 aromatic rings. The van der Waals surface area contributed by atoms with Crippen LogP contribution in [0.2, 0.25) is 0 Å². The Bertz CT molecular complexity index is 1160. The molecule has 0 amide bonds. The largest absolute Gasteiger partial charge is 0.479 e. The van der Waals surface area contributed by atoms with Gasteiger partial charge in [0.25, 0.3) is 0 Å². The Balaban J connectivity index is 1.58. The van der Waals surface area contributed by atoms with Gasteiger partial charge in [-0.1, -0.05) is 72.8 Å². The number of hydrogen-bond donors (Lipinski definition) is 2. The summed E-state index contributed by atoms with van der Waals surface area (Å²) in [5.74, 6) is 1.09. The van der Waals surface area contributed by atoms with Crippen LogP contribution < -0.4 is 4.74 Å². The molecule has 1 heterocycles. The Kier molecular flexibility index (Phi) is 8.28. The van der Waals surface area contributed by atoms with Crippen LogP contribution in [0.4, 0.5) is 0 Å². The number of rotatable bonds is 12. The van der Waals surface area contributed by atoms with E-state index in [1.165, 1.54) is 11.1 Å². The number of hydrogen-bond acceptors (Lipinski definition) is 5. The number of carbonyl (C=O) groups is 1. The standard InChI is InChI=1S/C28H28O5S/c29-17-8-15-24-22(23-13-7-14-25(27(23)33-24)32-19-26(30)31)16-18-34-28(20-9-3-1-4-10-20)21-11-5-2-6-12-21/h1-7,9-14,28-29H,8,15-19H2,(H,30,31). The summed E-state index contributed by atoms with van der Waals surface area (Å²) in [6.45, 7) is -0.343. The molecule has 2 N–H and O–H groups in total. The minimum atomic E-state index is -1.03. The van der Waals surface area contributed by atoms with Crippen LogP contribution in [-0.4, -0.2) is 35.1 Å². The van der Waals surface area contributed by atoms with Gasteiger partial charge >= 0.3 is 5.97 Å². The number of aliphatic hydroxyl groups excluding tert-OH is 1. The number of aliphatic hydroxyl groups is 1. The molecule has 0 aliphatic carbocycles. The van der Waals surface area contributed by atoms with Crippen molar-refractivity contribution in [3.63, 3.8) is 0 Å². The first-order valence-corrected chi connectivity index (χ1v) is 12.4. The number of aliphatic carboxylic acids is 1. The molecule has 0 spiro atoms. The molecule has 176 valence electrons. The van der Waals surface area contributed by atoms with Crippen LogP contribution in [0.3, 0.4) is 0 Å². The fourth-order valence-corrected chi connectivity index (χ4v) is 5.34. The molecule has 0 aliphatic heterocycles. The number of ether oxygens (including phenoxy) is 1. The molecule has 0 aliphatic rings. The van der Waals surface area contributed by atoms with E-state index in [4.69, 9.17) is 14.3 Å². The Labute approximate surface area is 203 Å². The highest BCUT2D eigenvalue weighted by Crippen LogP contribution is 2.38. The van der Waals surface area contributed by atoms with E-state index >= 15 is 0 Å². The predicted molar refractivity (Wildman–Crippen MR) is 136 cm³/mol. The molecule has 4 rings (SSSR count). The summed E-state index contributed by atoms with van der Waals surface area (Å²) in [5, 5.41) is 19.5. The number of fused-ring (bicyclic) bond motifs is 1. The maximum atomic E-state index is 11.0. The van der Waals surface area contributed by atoms with Crippen LogP contribution in [0.15, 0.2) is 83.3 Å². The topological polar surface area (TPSA) is 79.9 Å². The summed E-state index contributed by atoms with van der Waals surface area (Å²) in [6.07, 6.45) is 2.00. The molecule has 34 heavy (non-hydrogen) atoms. The van der Waals surface area contributed by atoms with Crippen LogP contribution in [0, 0.1) is 0 Å². The third-order valence-corrected chi connectivity index (χ3v) is 6.94. The highest BCUT2D eigenvalue weighted by Gasteiger charge is 2.19. The van der Waals surface area contributed by atoms with Crippen molar-refractivity contribution >= 4 is 28.7 Å². The van der Waals surface area contributed by atoms with Gasteiger partial charge in [0.2, 0.25) is 0 Å². The first-order valence-electron chi connectivity index (χ1n) is 11.4. The molecule has 3 aromatic carbocycles. The molecule has 1 aromatic heterocycles. The molecule has 0 fully saturated rings. The van der Waals surface area contributed by atoms with E-state index in [1.807, 2.05) is 36.0 Å². The van der Waals surface area contributed by atoms with Crippen LogP contribution in [0.5, 0.6) is 5.75 Å². The summed E-state index contributed by atoms with van der Waals surface area (Å²) >= 11 is 1.89. The number of furan rings is 1. The van der Waals surface area contributed by atoms with Crippen molar-refractivity contribution in [1.29, 1.82) is 0 Å². The minimum absolute atomic E-state index is 0.0810. The summed E-state index contributed by atoms with van der Waals surface area (Å²) in [7, 11) is 0. The van der Waals surface area contributed by atoms with E-state index in [0.717, 1.165) is 28.9 Å². The van der Waals surface area contributed by atoms with Crippen LogP contribution >= 0.6 is 11.8 Å². The molecule has 0 bridgehead atoms. The van der Waals surface area contributed by atoms with Crippen molar-refractivity contribution in [2.45, 2.75) is 24.5 Å². The monoisotopic (exact) mass is 476 g/mol. The molecular formula is C28H28O5S. The van der Waals surface area contributed by atoms with E-state index in [0.29, 0.717) is 24.2 Å². The maximum absolute atomic E-state index is 11.0. The lowest BCUT2D eigenvalue weighted by atomic mass is 10.0. The van der Waals surface area contributed by atoms with Crippen molar-refractivity contribution in [1.82, 2.24) is 0 Å². The molecule has 0 saturated heterocycles. The SMILES string of the molecule is O=C(O)COc1cccc2c(CCSC(c3ccccc3)c3ccccc3)c(CCCO)oc12. The van der Waals surface area contributed by atoms with E-state index in [9.17, 15) is 9.90 Å². The number of carboxylic acids is 1. The van der Waals surface area contributed by atoms with Gasteiger partial charge in [-0.15, -0.1) is 11.8 Å². The molecule has 0 unspecified atom stereocenters. The van der Waals surface area contributed by atoms with Crippen molar-refractivity contribution in [2.24, 2.45) is 0 Å². The number of benzene rings is 3. The van der Waals surface area contributed by atoms with Gasteiger partial charge in [0, 0.05) is 24.0 Å². The van der Waals surface area contributed by atoms with Crippen molar-refractivity contribution in [2.75, 3.05) is 19.0 Å². The van der Waals surface area contributed by atoms with Gasteiger partial charge in [-0.05, 0) is 35.8 Å². The highest BCUT2D eigenvalue weighted by atomic mass is 32.2. The van der Waals surface area contributed by atoms with Gasteiger partial charge < -0.3 is 19.4 Å². The van der Waals surface area contributed by atoms with E-state index in [-0.39, 0.29) is 11.9 Å². The lowest BCUT2D eigenvalue weighted by Crippen LogP contribution is -2.09. The average Bonchev–Trinajstić information content (AvgIpc) is 3.23. The Morgan fingerprint density at radius 3 is 2.21 bits per heavy atom. The molecule has 5 nitrogen and oxygen atoms in total. The zero-order valence-electron chi connectivity index (χ0n) is 18.9. The van der Waals surface area contributed by atoms with E-state index in [1.54, 1.807) is 6.07 Å². The van der Waals surface area contributed by atoms with Crippen molar-refractivity contribution in [3.8, 4) is 5.75 Å². The molecular weight excluding hydrogens is 448 g/mol. The minimum Gasteiger partial charge on any atom is -0.479 e. The fraction of sp³-hybridized carbons (Fsp3) is 0.250. The zero-order valence-corrected chi connectivity index (χ0v) is 19.7. The number of thioether (sulfide) groups is 1. The lowest BCUT2D eigenvalue weighted by Gasteiger charge is -2.18. The van der Waals surface area contributed by atoms with Gasteiger partial charge in [-0.2, -0.15) is 0 Å². The Hall–Kier alpha value is -3.22. The summed E-state index contributed by atoms with van der Waals surface area (Å²) in [4.78, 5) is 11.0. The first kappa shape index (κ1) is 23.9. The predicted octanol–water partition coefficient (Wildman–Crippen LogP) is 5.89. The lowest BCUT2D eigenvalue weighted by molar-refractivity contribution is -0.139. The first-order chi connectivity index (χ1) is 16.7. The second-order valence-corrected chi connectivity index (χ2v) is 9.18. The third kappa shape index (κ3) is 5.82. The van der Waals surface area contributed by atoms with Gasteiger partial charge in [-0.25, -0.2) is 4.79 Å². The summed E-state index contributed by atoms with van der Waals surface area (Å²) in [6, 6.07) is 26.6. The quantitative estimate of drug-likeness (QED) is 0.266. The van der Waals surface area contributed by atoms with Gasteiger partial charge in [-0.3, -0.25) is 0 Å². The van der Waals surface area contributed by atoms with Crippen molar-refractivity contribution in [3.05, 3.63) is 101 Å². The van der Waals surface area contributed by atoms with Gasteiger partial charge in [0.15, 0.2) is 17.9 Å². The van der Waals surface area contributed by atoms with E-state index in [2.05, 4.69) is 48.5 Å². The van der Waals surface area contributed by atoms with Gasteiger partial charge in [0.05, 0.1) is 5.25 Å². The maximum Gasteiger partial charge on any atom is 0.341 e. The molecule has 0 saturated carbocycles. The second-order valence-electron chi connectivity index (χ2n) is 7.97. The Morgan fingerprint density at radius 2 is 1.59 bits per heavy atom. The van der Waals surface area contributed by atoms with Crippen LogP contribution in [-0.2, 0) is 17.6 Å². The van der Waals surface area contributed by atoms with E-state index < -0.39 is 12.6 Å². The van der Waals surface area contributed by atoms with Crippen molar-refractivity contribution < 1.29 is 24.2 Å². The smallest absolute Gasteiger partial charge is 0.341 e. The molecule has 0 atom stereocenters. The number of para-hydroxylation sites is 1. The Morgan fingerprint density at radius 1 is 0.912 bits per heavy atom. The van der Waals surface area contributed by atoms with Crippen LogP contribution in [0.25, 0.3) is 11.0 Å². The zero-order chi connectivity index (χ0) is 23.8. The summed E-state index contributed by atoms with van der Waals surface area (Å²) < 4.78 is 11.6. The number of aryl methyl sites for hydroxylation is 2. The number of carboxylic acid groups (broad SMARTS) is 1. The average molecular weight is 477 g/mol. The summed E-state index contributed by atoms with van der Waals surface area (Å²) in [5.41, 5.74) is 4.19. The van der Waals surface area contributed by atoms with Crippen LogP contribution in [0.1, 0.15) is 34.1 Å². The highest BCUT2D eigenvalue weighted by molar-refractivity contribution is 7.99. The molecule has 6 heteroatoms. The normalized spacial score (nSPS) is 11.2. The second kappa shape index (κ2) is 11.8. The van der Waals surface area contributed by atoms with Gasteiger partial charge in [0.1, 0.15) is 5.76 Å². The molecule has 0 radical (unpaired) electrons.